The Hall–Kier alpha value is -2.89. The lowest BCUT2D eigenvalue weighted by Crippen LogP contribution is -2.30. The van der Waals surface area contributed by atoms with Crippen LogP contribution in [0.2, 0.25) is 0 Å². The Morgan fingerprint density at radius 2 is 0.480 bits per heavy atom. The fourth-order valence-electron chi connectivity index (χ4n) is 9.54. The van der Waals surface area contributed by atoms with Crippen LogP contribution in [0.4, 0.5) is 0 Å². The molecule has 0 aromatic heterocycles. The van der Waals surface area contributed by atoms with Gasteiger partial charge in [0.1, 0.15) is 13.2 Å². The number of ether oxygens (including phenoxy) is 3. The van der Waals surface area contributed by atoms with E-state index in [4.69, 9.17) is 14.2 Å². The Labute approximate surface area is 466 Å². The normalized spacial score (nSPS) is 12.4. The third-order valence-corrected chi connectivity index (χ3v) is 14.5. The summed E-state index contributed by atoms with van der Waals surface area (Å²) in [5.41, 5.74) is 0. The first-order valence-electron chi connectivity index (χ1n) is 32.8. The van der Waals surface area contributed by atoms with Crippen LogP contribution in [0.15, 0.2) is 60.8 Å². The van der Waals surface area contributed by atoms with Crippen molar-refractivity contribution in [1.82, 2.24) is 0 Å². The summed E-state index contributed by atoms with van der Waals surface area (Å²) in [5.74, 6) is -0.865. The lowest BCUT2D eigenvalue weighted by molar-refractivity contribution is -0.167. The van der Waals surface area contributed by atoms with Crippen molar-refractivity contribution in [1.29, 1.82) is 0 Å². The summed E-state index contributed by atoms with van der Waals surface area (Å²) in [4.78, 5) is 38.2. The van der Waals surface area contributed by atoms with Gasteiger partial charge in [-0.2, -0.15) is 0 Å². The standard InChI is InChI=1S/C69H124O6/c1-4-7-10-13-16-19-21-23-25-27-29-31-33-34-36-37-39-41-43-45-47-50-53-56-59-62-68(71)74-65-66(64-73-67(70)61-58-55-52-49-18-15-12-9-6-3)75-69(72)63-60-57-54-51-48-46-44-42-40-38-35-32-30-28-26-24-22-20-17-14-11-8-5-2/h21-24,27-30,33-34,66H,4-20,25-26,31-32,35-65H2,1-3H3/b23-21-,24-22-,29-27-,30-28-,34-33-. The van der Waals surface area contributed by atoms with Gasteiger partial charge in [-0.05, 0) is 89.9 Å². The number of unbranched alkanes of at least 4 members (excludes halogenated alkanes) is 39. The van der Waals surface area contributed by atoms with Crippen molar-refractivity contribution in [3.05, 3.63) is 60.8 Å². The molecular weight excluding hydrogens is 925 g/mol. The molecule has 0 fully saturated rings. The Morgan fingerprint density at radius 1 is 0.267 bits per heavy atom. The van der Waals surface area contributed by atoms with Crippen LogP contribution in [0.5, 0.6) is 0 Å². The van der Waals surface area contributed by atoms with Gasteiger partial charge in [0.15, 0.2) is 6.10 Å². The van der Waals surface area contributed by atoms with Gasteiger partial charge in [-0.15, -0.1) is 0 Å². The SMILES string of the molecule is CCCCCCC/C=C\C/C=C\C/C=C\CCCCCCCCCCCCC(=O)OCC(COC(=O)CCCCCCCCCCC)OC(=O)CCCCCCCCCCCCC/C=C\C/C=C\CCCCCCC. The molecule has 1 atom stereocenters. The van der Waals surface area contributed by atoms with Gasteiger partial charge in [0, 0.05) is 19.3 Å². The Morgan fingerprint density at radius 3 is 0.747 bits per heavy atom. The highest BCUT2D eigenvalue weighted by molar-refractivity contribution is 5.71. The van der Waals surface area contributed by atoms with Gasteiger partial charge in [0.25, 0.3) is 0 Å². The third kappa shape index (κ3) is 61.8. The van der Waals surface area contributed by atoms with Crippen LogP contribution in [0.3, 0.4) is 0 Å². The first-order valence-corrected chi connectivity index (χ1v) is 32.8. The maximum atomic E-state index is 12.9. The van der Waals surface area contributed by atoms with E-state index in [1.165, 1.54) is 225 Å². The van der Waals surface area contributed by atoms with E-state index < -0.39 is 6.10 Å². The van der Waals surface area contributed by atoms with E-state index in [1.54, 1.807) is 0 Å². The molecule has 0 saturated carbocycles. The molecule has 0 aliphatic heterocycles. The second-order valence-electron chi connectivity index (χ2n) is 22.0. The largest absolute Gasteiger partial charge is 0.462 e. The Bertz CT molecular complexity index is 1340. The van der Waals surface area contributed by atoms with Crippen molar-refractivity contribution in [3.8, 4) is 0 Å². The summed E-state index contributed by atoms with van der Waals surface area (Å²) in [5, 5.41) is 0. The smallest absolute Gasteiger partial charge is 0.306 e. The fraction of sp³-hybridized carbons (Fsp3) is 0.812. The molecular formula is C69H124O6. The average molecular weight is 1050 g/mol. The summed E-state index contributed by atoms with van der Waals surface area (Å²) in [6.07, 6.45) is 81.0. The van der Waals surface area contributed by atoms with Crippen molar-refractivity contribution in [2.24, 2.45) is 0 Å². The molecule has 0 N–H and O–H groups in total. The zero-order chi connectivity index (χ0) is 54.3. The molecule has 0 aromatic rings. The lowest BCUT2D eigenvalue weighted by atomic mass is 10.0. The van der Waals surface area contributed by atoms with Gasteiger partial charge in [0.05, 0.1) is 0 Å². The van der Waals surface area contributed by atoms with Gasteiger partial charge >= 0.3 is 17.9 Å². The van der Waals surface area contributed by atoms with Crippen molar-refractivity contribution in [3.63, 3.8) is 0 Å². The average Bonchev–Trinajstić information content (AvgIpc) is 3.41. The van der Waals surface area contributed by atoms with E-state index >= 15 is 0 Å². The zero-order valence-electron chi connectivity index (χ0n) is 50.1. The summed E-state index contributed by atoms with van der Waals surface area (Å²) < 4.78 is 16.9. The number of carbonyl (C=O) groups excluding carboxylic acids is 3. The predicted molar refractivity (Wildman–Crippen MR) is 325 cm³/mol. The topological polar surface area (TPSA) is 78.9 Å². The van der Waals surface area contributed by atoms with Crippen LogP contribution in [0.1, 0.15) is 342 Å². The number of carbonyl (C=O) groups is 3. The highest BCUT2D eigenvalue weighted by Gasteiger charge is 2.19. The van der Waals surface area contributed by atoms with Gasteiger partial charge in [-0.3, -0.25) is 14.4 Å². The number of rotatable bonds is 60. The van der Waals surface area contributed by atoms with Crippen LogP contribution in [0.25, 0.3) is 0 Å². The van der Waals surface area contributed by atoms with Gasteiger partial charge in [-0.1, -0.05) is 293 Å². The molecule has 0 amide bonds. The molecule has 0 aliphatic rings. The monoisotopic (exact) mass is 1050 g/mol. The van der Waals surface area contributed by atoms with Crippen molar-refractivity contribution >= 4 is 17.9 Å². The van der Waals surface area contributed by atoms with E-state index in [0.29, 0.717) is 19.3 Å². The van der Waals surface area contributed by atoms with E-state index in [-0.39, 0.29) is 31.1 Å². The third-order valence-electron chi connectivity index (χ3n) is 14.5. The zero-order valence-corrected chi connectivity index (χ0v) is 50.1. The molecule has 0 spiro atoms. The molecule has 1 unspecified atom stereocenters. The van der Waals surface area contributed by atoms with Gasteiger partial charge in [-0.25, -0.2) is 0 Å². The lowest BCUT2D eigenvalue weighted by Gasteiger charge is -2.18. The quantitative estimate of drug-likeness (QED) is 0.0261. The Balaban J connectivity index is 4.20. The van der Waals surface area contributed by atoms with Crippen molar-refractivity contribution in [2.45, 2.75) is 348 Å². The molecule has 0 rings (SSSR count). The summed E-state index contributed by atoms with van der Waals surface area (Å²) >= 11 is 0. The molecule has 436 valence electrons. The number of allylic oxidation sites excluding steroid dienone is 10. The second kappa shape index (κ2) is 63.6. The molecule has 6 heteroatoms. The maximum absolute atomic E-state index is 12.9. The molecule has 0 saturated heterocycles. The van der Waals surface area contributed by atoms with Crippen LogP contribution >= 0.6 is 0 Å². The molecule has 6 nitrogen and oxygen atoms in total. The molecule has 0 aromatic carbocycles. The minimum Gasteiger partial charge on any atom is -0.462 e. The molecule has 0 bridgehead atoms. The summed E-state index contributed by atoms with van der Waals surface area (Å²) in [7, 11) is 0. The van der Waals surface area contributed by atoms with E-state index in [2.05, 4.69) is 81.5 Å². The number of esters is 3. The minimum atomic E-state index is -0.775. The van der Waals surface area contributed by atoms with E-state index in [1.807, 2.05) is 0 Å². The fourth-order valence-corrected chi connectivity index (χ4v) is 9.54. The summed E-state index contributed by atoms with van der Waals surface area (Å²) in [6, 6.07) is 0. The number of hydrogen-bond acceptors (Lipinski definition) is 6. The van der Waals surface area contributed by atoms with Crippen LogP contribution in [-0.4, -0.2) is 37.2 Å². The first-order chi connectivity index (χ1) is 37.0. The first kappa shape index (κ1) is 72.1. The van der Waals surface area contributed by atoms with Crippen LogP contribution < -0.4 is 0 Å². The van der Waals surface area contributed by atoms with E-state index in [9.17, 15) is 14.4 Å². The highest BCUT2D eigenvalue weighted by atomic mass is 16.6. The van der Waals surface area contributed by atoms with Gasteiger partial charge in [0.2, 0.25) is 0 Å². The number of hydrogen-bond donors (Lipinski definition) is 0. The van der Waals surface area contributed by atoms with E-state index in [0.717, 1.165) is 77.0 Å². The predicted octanol–water partition coefficient (Wildman–Crippen LogP) is 22.3. The van der Waals surface area contributed by atoms with Crippen molar-refractivity contribution in [2.75, 3.05) is 13.2 Å². The highest BCUT2D eigenvalue weighted by Crippen LogP contribution is 2.17. The summed E-state index contributed by atoms with van der Waals surface area (Å²) in [6.45, 7) is 6.64. The minimum absolute atomic E-state index is 0.0732. The van der Waals surface area contributed by atoms with Crippen molar-refractivity contribution < 1.29 is 28.6 Å². The van der Waals surface area contributed by atoms with Crippen LogP contribution in [-0.2, 0) is 28.6 Å². The Kier molecular flexibility index (Phi) is 61.2. The maximum Gasteiger partial charge on any atom is 0.306 e. The van der Waals surface area contributed by atoms with Crippen LogP contribution in [0, 0.1) is 0 Å². The second-order valence-corrected chi connectivity index (χ2v) is 22.0. The van der Waals surface area contributed by atoms with Gasteiger partial charge < -0.3 is 14.2 Å². The molecule has 0 aliphatic carbocycles. The molecule has 0 heterocycles. The molecule has 75 heavy (non-hydrogen) atoms. The molecule has 0 radical (unpaired) electrons.